The molecule has 0 amide bonds. The number of aliphatic carboxylic acids is 1. The Hall–Kier alpha value is -0.180. The first-order chi connectivity index (χ1) is 7.63. The van der Waals surface area contributed by atoms with Gasteiger partial charge in [0.15, 0.2) is 0 Å². The molecule has 90 valence electrons. The van der Waals surface area contributed by atoms with E-state index in [1.807, 2.05) is 0 Å². The third-order valence-corrected chi connectivity index (χ3v) is 5.63. The van der Waals surface area contributed by atoms with Crippen LogP contribution >= 0.6 is 12.6 Å². The lowest BCUT2D eigenvalue weighted by atomic mass is 9.51. The maximum Gasteiger partial charge on any atom is 0.316 e. The summed E-state index contributed by atoms with van der Waals surface area (Å²) in [4.78, 5) is 10.9. The van der Waals surface area contributed by atoms with Gasteiger partial charge in [0.25, 0.3) is 0 Å². The van der Waals surface area contributed by atoms with Crippen molar-refractivity contribution in [2.75, 3.05) is 0 Å². The van der Waals surface area contributed by atoms with Gasteiger partial charge < -0.3 is 5.11 Å². The molecular weight excluding hydrogens is 220 g/mol. The van der Waals surface area contributed by atoms with E-state index < -0.39 is 11.2 Å². The van der Waals surface area contributed by atoms with Crippen LogP contribution in [0.1, 0.15) is 38.5 Å². The predicted molar refractivity (Wildman–Crippen MR) is 65.6 cm³/mol. The fourth-order valence-corrected chi connectivity index (χ4v) is 5.02. The first-order valence-corrected chi connectivity index (χ1v) is 7.06. The zero-order chi connectivity index (χ0) is 11.3. The van der Waals surface area contributed by atoms with Crippen molar-refractivity contribution in [3.63, 3.8) is 0 Å². The SMILES string of the molecule is O=C(O)C(S)CC1C2CC3CC(C2)CC1C3. The van der Waals surface area contributed by atoms with Gasteiger partial charge in [-0.1, -0.05) is 0 Å². The topological polar surface area (TPSA) is 37.3 Å². The second-order valence-electron chi connectivity index (χ2n) is 6.18. The highest BCUT2D eigenvalue weighted by Gasteiger charge is 2.48. The molecule has 0 spiro atoms. The van der Waals surface area contributed by atoms with Gasteiger partial charge >= 0.3 is 5.97 Å². The Morgan fingerprint density at radius 1 is 1.12 bits per heavy atom. The van der Waals surface area contributed by atoms with Crippen molar-refractivity contribution in [1.82, 2.24) is 0 Å². The van der Waals surface area contributed by atoms with Gasteiger partial charge in [-0.25, -0.2) is 0 Å². The molecular formula is C13H20O2S. The normalized spacial score (nSPS) is 46.9. The van der Waals surface area contributed by atoms with E-state index in [0.29, 0.717) is 5.92 Å². The van der Waals surface area contributed by atoms with E-state index in [1.54, 1.807) is 0 Å². The highest BCUT2D eigenvalue weighted by molar-refractivity contribution is 7.81. The minimum Gasteiger partial charge on any atom is -0.480 e. The maximum atomic E-state index is 10.9. The summed E-state index contributed by atoms with van der Waals surface area (Å²) in [5.41, 5.74) is 0. The van der Waals surface area contributed by atoms with Gasteiger partial charge in [-0.05, 0) is 68.1 Å². The summed E-state index contributed by atoms with van der Waals surface area (Å²) in [5, 5.41) is 8.52. The Labute approximate surface area is 102 Å². The molecule has 1 atom stereocenters. The number of thiol groups is 1. The van der Waals surface area contributed by atoms with E-state index in [9.17, 15) is 4.79 Å². The molecule has 1 unspecified atom stereocenters. The summed E-state index contributed by atoms with van der Waals surface area (Å²) in [6, 6.07) is 0. The summed E-state index contributed by atoms with van der Waals surface area (Å²) in [7, 11) is 0. The van der Waals surface area contributed by atoms with Crippen LogP contribution in [0.25, 0.3) is 0 Å². The number of carboxylic acids is 1. The van der Waals surface area contributed by atoms with Crippen molar-refractivity contribution in [3.8, 4) is 0 Å². The Morgan fingerprint density at radius 3 is 2.06 bits per heavy atom. The molecule has 3 heteroatoms. The standard InChI is InChI=1S/C13H20O2S/c14-13(15)12(16)6-11-9-2-7-1-8(4-9)5-10(11)3-7/h7-12,16H,1-6H2,(H,14,15). The predicted octanol–water partition coefficient (Wildman–Crippen LogP) is 2.83. The van der Waals surface area contributed by atoms with E-state index in [1.165, 1.54) is 32.1 Å². The van der Waals surface area contributed by atoms with E-state index in [4.69, 9.17) is 5.11 Å². The van der Waals surface area contributed by atoms with Crippen LogP contribution in [-0.2, 0) is 4.79 Å². The Kier molecular flexibility index (Phi) is 2.69. The van der Waals surface area contributed by atoms with Crippen LogP contribution < -0.4 is 0 Å². The van der Waals surface area contributed by atoms with Crippen LogP contribution in [0.4, 0.5) is 0 Å². The molecule has 0 aliphatic heterocycles. The molecule has 2 nitrogen and oxygen atoms in total. The van der Waals surface area contributed by atoms with Gasteiger partial charge in [-0.2, -0.15) is 12.6 Å². The average Bonchev–Trinajstić information content (AvgIpc) is 2.21. The fourth-order valence-electron chi connectivity index (χ4n) is 4.78. The lowest BCUT2D eigenvalue weighted by Crippen LogP contribution is -2.46. The van der Waals surface area contributed by atoms with Gasteiger partial charge in [-0.3, -0.25) is 4.79 Å². The average molecular weight is 240 g/mol. The molecule has 4 aliphatic carbocycles. The minimum absolute atomic E-state index is 0.442. The zero-order valence-electron chi connectivity index (χ0n) is 9.51. The monoisotopic (exact) mass is 240 g/mol. The Bertz CT molecular complexity index is 274. The third-order valence-electron chi connectivity index (χ3n) is 5.20. The van der Waals surface area contributed by atoms with Crippen molar-refractivity contribution in [1.29, 1.82) is 0 Å². The van der Waals surface area contributed by atoms with Crippen LogP contribution in [-0.4, -0.2) is 16.3 Å². The van der Waals surface area contributed by atoms with Crippen LogP contribution in [0.15, 0.2) is 0 Å². The van der Waals surface area contributed by atoms with Gasteiger partial charge in [-0.15, -0.1) is 0 Å². The third kappa shape index (κ3) is 1.77. The number of hydrogen-bond acceptors (Lipinski definition) is 2. The Morgan fingerprint density at radius 2 is 1.62 bits per heavy atom. The summed E-state index contributed by atoms with van der Waals surface area (Å²) < 4.78 is 0. The van der Waals surface area contributed by atoms with E-state index >= 15 is 0 Å². The first-order valence-electron chi connectivity index (χ1n) is 6.54. The molecule has 0 aromatic carbocycles. The highest BCUT2D eigenvalue weighted by Crippen LogP contribution is 2.57. The highest BCUT2D eigenvalue weighted by atomic mass is 32.1. The van der Waals surface area contributed by atoms with Gasteiger partial charge in [0.2, 0.25) is 0 Å². The molecule has 0 radical (unpaired) electrons. The molecule has 4 saturated carbocycles. The first kappa shape index (κ1) is 10.9. The molecule has 16 heavy (non-hydrogen) atoms. The molecule has 0 heterocycles. The summed E-state index contributed by atoms with van der Waals surface area (Å²) in [5.74, 6) is 3.52. The molecule has 4 aliphatic rings. The lowest BCUT2D eigenvalue weighted by molar-refractivity contribution is -0.137. The summed E-state index contributed by atoms with van der Waals surface area (Å²) in [6.07, 6.45) is 7.75. The van der Waals surface area contributed by atoms with Crippen molar-refractivity contribution >= 4 is 18.6 Å². The molecule has 4 bridgehead atoms. The molecule has 1 N–H and O–H groups in total. The second-order valence-corrected chi connectivity index (χ2v) is 6.81. The van der Waals surface area contributed by atoms with Gasteiger partial charge in [0, 0.05) is 0 Å². The summed E-state index contributed by atoms with van der Waals surface area (Å²) in [6.45, 7) is 0. The number of carboxylic acid groups (broad SMARTS) is 1. The van der Waals surface area contributed by atoms with Crippen molar-refractivity contribution in [2.45, 2.75) is 43.8 Å². The van der Waals surface area contributed by atoms with Crippen LogP contribution in [0.3, 0.4) is 0 Å². The molecule has 4 fully saturated rings. The minimum atomic E-state index is -0.739. The number of rotatable bonds is 3. The Balaban J connectivity index is 1.70. The second kappa shape index (κ2) is 3.94. The van der Waals surface area contributed by atoms with Crippen molar-refractivity contribution in [3.05, 3.63) is 0 Å². The maximum absolute atomic E-state index is 10.9. The zero-order valence-corrected chi connectivity index (χ0v) is 10.4. The molecule has 0 saturated heterocycles. The van der Waals surface area contributed by atoms with E-state index in [0.717, 1.165) is 30.1 Å². The van der Waals surface area contributed by atoms with Crippen LogP contribution in [0.5, 0.6) is 0 Å². The van der Waals surface area contributed by atoms with Crippen molar-refractivity contribution < 1.29 is 9.90 Å². The van der Waals surface area contributed by atoms with Gasteiger partial charge in [0.1, 0.15) is 0 Å². The summed E-state index contributed by atoms with van der Waals surface area (Å²) >= 11 is 4.21. The van der Waals surface area contributed by atoms with Crippen molar-refractivity contribution in [2.24, 2.45) is 29.6 Å². The quantitative estimate of drug-likeness (QED) is 0.744. The molecule has 4 rings (SSSR count). The molecule has 0 aromatic heterocycles. The molecule has 0 aromatic rings. The number of carbonyl (C=O) groups is 1. The van der Waals surface area contributed by atoms with Crippen LogP contribution in [0.2, 0.25) is 0 Å². The van der Waals surface area contributed by atoms with Gasteiger partial charge in [0.05, 0.1) is 5.25 Å². The number of hydrogen-bond donors (Lipinski definition) is 2. The fraction of sp³-hybridized carbons (Fsp3) is 0.923. The lowest BCUT2D eigenvalue weighted by Gasteiger charge is -2.54. The van der Waals surface area contributed by atoms with E-state index in [-0.39, 0.29) is 0 Å². The van der Waals surface area contributed by atoms with Crippen LogP contribution in [0, 0.1) is 29.6 Å². The van der Waals surface area contributed by atoms with E-state index in [2.05, 4.69) is 12.6 Å². The smallest absolute Gasteiger partial charge is 0.316 e. The largest absolute Gasteiger partial charge is 0.480 e.